The average molecular weight is 915 g/mol. The SMILES string of the molecule is CC(C)(C)C(=O)SCCOP1(=O)OC[C@@H]2C[C@@H](OP(=O)(OCCSC(=O)C(C)(C)C)OC[C@@H]3C[C@@H](O1)[C@H](n1cnc4ncnc(N)c41)O3)[C@H](n1cnc3ncnc(N)c31)O2. The number of anilines is 2. The summed E-state index contributed by atoms with van der Waals surface area (Å²) in [6.07, 6.45) is -0.641. The van der Waals surface area contributed by atoms with E-state index in [0.717, 1.165) is 23.5 Å². The van der Waals surface area contributed by atoms with Gasteiger partial charge < -0.3 is 20.9 Å². The van der Waals surface area contributed by atoms with E-state index in [4.69, 9.17) is 48.1 Å². The fourth-order valence-corrected chi connectivity index (χ4v) is 11.0. The maximum atomic E-state index is 14.7. The molecule has 4 aromatic heterocycles. The molecule has 7 heterocycles. The molecule has 3 aliphatic heterocycles. The molecular formula is C34H48N10O12P2S2. The Bertz CT molecular complexity index is 2150. The molecule has 0 aliphatic carbocycles. The quantitative estimate of drug-likeness (QED) is 0.155. The minimum atomic E-state index is -4.50. The van der Waals surface area contributed by atoms with Crippen LogP contribution in [0.25, 0.3) is 22.3 Å². The first-order chi connectivity index (χ1) is 28.3. The van der Waals surface area contributed by atoms with E-state index < -0.39 is 63.3 Å². The predicted molar refractivity (Wildman–Crippen MR) is 219 cm³/mol. The van der Waals surface area contributed by atoms with Gasteiger partial charge >= 0.3 is 15.6 Å². The van der Waals surface area contributed by atoms with Gasteiger partial charge in [0.2, 0.25) is 0 Å². The number of nitrogens with two attached hydrogens (primary N) is 2. The number of fused-ring (bicyclic) bond motifs is 6. The molecular weight excluding hydrogens is 867 g/mol. The molecule has 22 nitrogen and oxygen atoms in total. The van der Waals surface area contributed by atoms with E-state index in [9.17, 15) is 18.7 Å². The van der Waals surface area contributed by atoms with Gasteiger partial charge in [0.25, 0.3) is 0 Å². The second kappa shape index (κ2) is 17.9. The molecule has 0 amide bonds. The number of aromatic nitrogens is 8. The first kappa shape index (κ1) is 44.9. The summed E-state index contributed by atoms with van der Waals surface area (Å²) in [6, 6.07) is 0. The summed E-state index contributed by atoms with van der Waals surface area (Å²) in [5, 5.41) is -0.159. The van der Waals surface area contributed by atoms with Gasteiger partial charge in [0.05, 0.1) is 38.6 Å². The van der Waals surface area contributed by atoms with Crippen molar-refractivity contribution in [3.63, 3.8) is 0 Å². The highest BCUT2D eigenvalue weighted by Crippen LogP contribution is 2.58. The summed E-state index contributed by atoms with van der Waals surface area (Å²) in [4.78, 5) is 50.5. The number of nitrogen functional groups attached to an aromatic ring is 2. The third-order valence-corrected chi connectivity index (χ3v) is 14.8. The predicted octanol–water partition coefficient (Wildman–Crippen LogP) is 5.08. The maximum absolute atomic E-state index is 14.7. The van der Waals surface area contributed by atoms with E-state index in [2.05, 4.69) is 29.9 Å². The molecule has 4 aromatic rings. The number of phosphoric acid groups is 2. The highest BCUT2D eigenvalue weighted by atomic mass is 32.2. The van der Waals surface area contributed by atoms with E-state index >= 15 is 0 Å². The maximum Gasteiger partial charge on any atom is 0.475 e. The number of imidazole rings is 2. The molecule has 8 atom stereocenters. The van der Waals surface area contributed by atoms with Crippen LogP contribution in [-0.4, -0.2) is 112 Å². The van der Waals surface area contributed by atoms with Gasteiger partial charge in [-0.2, -0.15) is 0 Å². The smallest absolute Gasteiger partial charge is 0.382 e. The lowest BCUT2D eigenvalue weighted by atomic mass is 9.99. The Labute approximate surface area is 353 Å². The van der Waals surface area contributed by atoms with Crippen molar-refractivity contribution in [3.8, 4) is 0 Å². The third-order valence-electron chi connectivity index (χ3n) is 9.35. The van der Waals surface area contributed by atoms with Crippen LogP contribution >= 0.6 is 39.2 Å². The number of rotatable bonds is 10. The molecule has 3 fully saturated rings. The highest BCUT2D eigenvalue weighted by molar-refractivity contribution is 8.14. The normalized spacial score (nSPS) is 29.2. The van der Waals surface area contributed by atoms with Crippen LogP contribution in [-0.2, 0) is 55.3 Å². The summed E-state index contributed by atoms with van der Waals surface area (Å²) in [5.41, 5.74) is 12.4. The number of nitrogens with zero attached hydrogens (tertiary/aromatic N) is 8. The van der Waals surface area contributed by atoms with E-state index in [-0.39, 0.29) is 83.9 Å². The highest BCUT2D eigenvalue weighted by Gasteiger charge is 2.49. The molecule has 0 saturated carbocycles. The van der Waals surface area contributed by atoms with Crippen molar-refractivity contribution in [1.82, 2.24) is 39.0 Å². The van der Waals surface area contributed by atoms with Crippen molar-refractivity contribution in [3.05, 3.63) is 25.3 Å². The van der Waals surface area contributed by atoms with Crippen molar-refractivity contribution < 1.29 is 55.3 Å². The summed E-state index contributed by atoms with van der Waals surface area (Å²) in [5.74, 6) is 0.498. The minimum absolute atomic E-state index is 0.00806. The molecule has 3 saturated heterocycles. The van der Waals surface area contributed by atoms with E-state index in [1.807, 2.05) is 0 Å². The summed E-state index contributed by atoms with van der Waals surface area (Å²) in [6.45, 7) is 9.71. The number of carbonyl (C=O) groups is 2. The standard InChI is InChI=1S/C34H48N10O12P2S2/c1-33(2,3)31(45)59-9-7-49-57(47)51-13-19-12-22(30(53-19)44-18-42-28-24(44)26(36)38-16-40-28)56-58(48,50-8-10-60-32(46)34(4,5)6)52-14-20-11-21(55-57)29(54-20)43-17-41-27-23(43)25(35)37-15-39-27/h15-22,29-30H,7-14H2,1-6H3,(H2,35,37,39)(H2,36,38,40)/t19-,20-,21+,22+,29+,30+,57?,58?/m0/s1. The fourth-order valence-electron chi connectivity index (χ4n) is 6.39. The number of thioether (sulfide) groups is 2. The molecule has 3 aliphatic rings. The van der Waals surface area contributed by atoms with Gasteiger partial charge in [-0.3, -0.25) is 45.9 Å². The zero-order valence-electron chi connectivity index (χ0n) is 33.8. The lowest BCUT2D eigenvalue weighted by molar-refractivity contribution is -0.118. The molecule has 26 heteroatoms. The van der Waals surface area contributed by atoms with Gasteiger partial charge in [0.15, 0.2) is 45.6 Å². The van der Waals surface area contributed by atoms with Crippen LogP contribution < -0.4 is 11.5 Å². The summed E-state index contributed by atoms with van der Waals surface area (Å²) in [7, 11) is -9.00. The van der Waals surface area contributed by atoms with Gasteiger partial charge in [0.1, 0.15) is 48.6 Å². The Morgan fingerprint density at radius 1 is 0.700 bits per heavy atom. The van der Waals surface area contributed by atoms with Gasteiger partial charge in [-0.05, 0) is 0 Å². The van der Waals surface area contributed by atoms with Crippen LogP contribution in [0.3, 0.4) is 0 Å². The molecule has 4 bridgehead atoms. The molecule has 0 spiro atoms. The topological polar surface area (TPSA) is 281 Å². The molecule has 0 aromatic carbocycles. The number of carbonyl (C=O) groups excluding carboxylic acids is 2. The Morgan fingerprint density at radius 2 is 1.10 bits per heavy atom. The van der Waals surface area contributed by atoms with E-state index in [1.54, 1.807) is 41.5 Å². The Balaban J connectivity index is 1.20. The zero-order valence-corrected chi connectivity index (χ0v) is 37.2. The monoisotopic (exact) mass is 914 g/mol. The number of hydrogen-bond acceptors (Lipinski definition) is 22. The van der Waals surface area contributed by atoms with Crippen molar-refractivity contribution in [1.29, 1.82) is 0 Å². The molecule has 2 unspecified atom stereocenters. The van der Waals surface area contributed by atoms with Gasteiger partial charge in [-0.15, -0.1) is 0 Å². The van der Waals surface area contributed by atoms with Crippen LogP contribution in [0.15, 0.2) is 25.3 Å². The van der Waals surface area contributed by atoms with Crippen LogP contribution in [0.2, 0.25) is 0 Å². The first-order valence-corrected chi connectivity index (χ1v) is 23.9. The van der Waals surface area contributed by atoms with Crippen molar-refractivity contribution in [2.24, 2.45) is 10.8 Å². The molecule has 4 N–H and O–H groups in total. The Morgan fingerprint density at radius 3 is 1.48 bits per heavy atom. The molecule has 328 valence electrons. The number of phosphoric ester groups is 2. The van der Waals surface area contributed by atoms with Crippen LogP contribution in [0.1, 0.15) is 66.8 Å². The average Bonchev–Trinajstić information content (AvgIpc) is 3.98. The number of ether oxygens (including phenoxy) is 2. The van der Waals surface area contributed by atoms with Gasteiger partial charge in [-0.25, -0.2) is 39.0 Å². The minimum Gasteiger partial charge on any atom is -0.382 e. The lowest BCUT2D eigenvalue weighted by Crippen LogP contribution is -2.24. The Kier molecular flexibility index (Phi) is 13.4. The van der Waals surface area contributed by atoms with Crippen LogP contribution in [0.4, 0.5) is 11.6 Å². The second-order valence-corrected chi connectivity index (χ2v) is 21.5. The molecule has 0 radical (unpaired) electrons. The zero-order chi connectivity index (χ0) is 43.0. The van der Waals surface area contributed by atoms with Gasteiger partial charge in [0, 0.05) is 35.2 Å². The van der Waals surface area contributed by atoms with Crippen LogP contribution in [0, 0.1) is 10.8 Å². The molecule has 7 rings (SSSR count). The van der Waals surface area contributed by atoms with Crippen molar-refractivity contribution in [2.45, 2.75) is 91.3 Å². The first-order valence-electron chi connectivity index (χ1n) is 19.0. The van der Waals surface area contributed by atoms with E-state index in [0.29, 0.717) is 11.0 Å². The number of hydrogen-bond donors (Lipinski definition) is 2. The van der Waals surface area contributed by atoms with Crippen LogP contribution in [0.5, 0.6) is 0 Å². The lowest BCUT2D eigenvalue weighted by Gasteiger charge is -2.26. The Hall–Kier alpha value is -3.12. The van der Waals surface area contributed by atoms with E-state index in [1.165, 1.54) is 34.4 Å². The largest absolute Gasteiger partial charge is 0.475 e. The third kappa shape index (κ3) is 10.2. The summed E-state index contributed by atoms with van der Waals surface area (Å²) >= 11 is 2.06. The molecule has 60 heavy (non-hydrogen) atoms. The van der Waals surface area contributed by atoms with Crippen molar-refractivity contribution in [2.75, 3.05) is 49.4 Å². The fraction of sp³-hybridized carbons (Fsp3) is 0.647. The van der Waals surface area contributed by atoms with Crippen molar-refractivity contribution >= 4 is 83.4 Å². The summed E-state index contributed by atoms with van der Waals surface area (Å²) < 4.78 is 81.7. The van der Waals surface area contributed by atoms with Gasteiger partial charge in [-0.1, -0.05) is 65.1 Å². The second-order valence-electron chi connectivity index (χ2n) is 16.1.